The molecule has 2 saturated heterocycles. The highest BCUT2D eigenvalue weighted by Gasteiger charge is 2.35. The smallest absolute Gasteiger partial charge is 0.272 e. The van der Waals surface area contributed by atoms with Crippen molar-refractivity contribution < 1.29 is 14.3 Å². The zero-order valence-corrected chi connectivity index (χ0v) is 18.1. The van der Waals surface area contributed by atoms with Crippen molar-refractivity contribution in [3.8, 4) is 17.0 Å². The molecule has 0 N–H and O–H groups in total. The van der Waals surface area contributed by atoms with E-state index in [-0.39, 0.29) is 17.9 Å². The number of aromatic nitrogens is 5. The first-order valence-corrected chi connectivity index (χ1v) is 10.7. The van der Waals surface area contributed by atoms with Crippen LogP contribution in [0.4, 0.5) is 0 Å². The quantitative estimate of drug-likeness (QED) is 0.582. The zero-order valence-electron chi connectivity index (χ0n) is 18.1. The minimum absolute atomic E-state index is 0.0617. The average Bonchev–Trinajstić information content (AvgIpc) is 3.48. The van der Waals surface area contributed by atoms with Gasteiger partial charge in [0.05, 0.1) is 31.6 Å². The molecule has 0 spiro atoms. The molecule has 0 unspecified atom stereocenters. The van der Waals surface area contributed by atoms with Crippen molar-refractivity contribution >= 4 is 11.8 Å². The predicted molar refractivity (Wildman–Crippen MR) is 115 cm³/mol. The Bertz CT molecular complexity index is 1160. The number of benzene rings is 1. The van der Waals surface area contributed by atoms with Gasteiger partial charge in [-0.2, -0.15) is 5.10 Å². The molecule has 3 aromatic rings. The van der Waals surface area contributed by atoms with Crippen molar-refractivity contribution in [1.29, 1.82) is 0 Å². The molecule has 10 nitrogen and oxygen atoms in total. The van der Waals surface area contributed by atoms with Crippen LogP contribution in [0.15, 0.2) is 36.5 Å². The van der Waals surface area contributed by atoms with Crippen LogP contribution in [0.2, 0.25) is 0 Å². The van der Waals surface area contributed by atoms with Gasteiger partial charge in [-0.05, 0) is 24.6 Å². The van der Waals surface area contributed by atoms with Crippen molar-refractivity contribution in [2.24, 2.45) is 7.05 Å². The zero-order chi connectivity index (χ0) is 22.2. The maximum atomic E-state index is 13.0. The summed E-state index contributed by atoms with van der Waals surface area (Å²) < 4.78 is 8.69. The summed E-state index contributed by atoms with van der Waals surface area (Å²) in [5.74, 6) is 0.853. The van der Waals surface area contributed by atoms with Gasteiger partial charge in [-0.3, -0.25) is 14.3 Å². The van der Waals surface area contributed by atoms with E-state index in [1.165, 1.54) is 0 Å². The van der Waals surface area contributed by atoms with Gasteiger partial charge in [-0.1, -0.05) is 17.3 Å². The highest BCUT2D eigenvalue weighted by atomic mass is 16.5. The molecule has 0 radical (unpaired) electrons. The van der Waals surface area contributed by atoms with Crippen LogP contribution in [0.25, 0.3) is 11.3 Å². The van der Waals surface area contributed by atoms with Crippen LogP contribution in [-0.4, -0.2) is 73.1 Å². The van der Waals surface area contributed by atoms with E-state index >= 15 is 0 Å². The molecule has 32 heavy (non-hydrogen) atoms. The Balaban J connectivity index is 1.22. The normalized spacial score (nSPS) is 16.5. The van der Waals surface area contributed by atoms with Crippen LogP contribution in [0.3, 0.4) is 0 Å². The number of ether oxygens (including phenoxy) is 1. The van der Waals surface area contributed by atoms with E-state index in [9.17, 15) is 9.59 Å². The van der Waals surface area contributed by atoms with Crippen LogP contribution >= 0.6 is 0 Å². The molecular weight excluding hydrogens is 410 g/mol. The molecule has 2 fully saturated rings. The molecule has 2 aliphatic heterocycles. The monoisotopic (exact) mass is 435 g/mol. The number of rotatable bonds is 6. The number of carbonyl (C=O) groups is 2. The minimum atomic E-state index is -0.0617. The number of amides is 2. The summed E-state index contributed by atoms with van der Waals surface area (Å²) in [5.41, 5.74) is 2.93. The summed E-state index contributed by atoms with van der Waals surface area (Å²) >= 11 is 0. The van der Waals surface area contributed by atoms with Crippen LogP contribution in [0.1, 0.15) is 35.1 Å². The first-order valence-electron chi connectivity index (χ1n) is 10.7. The number of likely N-dealkylation sites (tertiary alicyclic amines) is 2. The molecule has 2 aliphatic rings. The Hall–Kier alpha value is -3.69. The minimum Gasteiger partial charge on any atom is -0.497 e. The third-order valence-electron chi connectivity index (χ3n) is 6.07. The van der Waals surface area contributed by atoms with Crippen LogP contribution < -0.4 is 4.74 Å². The fourth-order valence-corrected chi connectivity index (χ4v) is 4.17. The fraction of sp³-hybridized carbons (Fsp3) is 0.409. The van der Waals surface area contributed by atoms with E-state index in [1.54, 1.807) is 28.4 Å². The lowest BCUT2D eigenvalue weighted by Crippen LogP contribution is -2.51. The number of carbonyl (C=O) groups excluding carboxylic acids is 2. The second kappa shape index (κ2) is 8.10. The number of hydrogen-bond donors (Lipinski definition) is 0. The van der Waals surface area contributed by atoms with Gasteiger partial charge in [0, 0.05) is 38.7 Å². The Kier molecular flexibility index (Phi) is 5.12. The number of nitrogens with zero attached hydrogens (tertiary/aromatic N) is 7. The first kappa shape index (κ1) is 20.2. The highest BCUT2D eigenvalue weighted by molar-refractivity contribution is 5.94. The molecule has 1 aromatic carbocycles. The third kappa shape index (κ3) is 3.72. The Morgan fingerprint density at radius 2 is 2.09 bits per heavy atom. The molecule has 0 atom stereocenters. The predicted octanol–water partition coefficient (Wildman–Crippen LogP) is 1.51. The Morgan fingerprint density at radius 3 is 2.84 bits per heavy atom. The van der Waals surface area contributed by atoms with Gasteiger partial charge in [0.15, 0.2) is 0 Å². The molecule has 0 saturated carbocycles. The maximum absolute atomic E-state index is 13.0. The Morgan fingerprint density at radius 1 is 1.25 bits per heavy atom. The van der Waals surface area contributed by atoms with E-state index in [0.29, 0.717) is 31.7 Å². The molecule has 2 aromatic heterocycles. The average molecular weight is 435 g/mol. The Labute approximate surface area is 185 Å². The highest BCUT2D eigenvalue weighted by Crippen LogP contribution is 2.27. The van der Waals surface area contributed by atoms with Crippen molar-refractivity contribution in [1.82, 2.24) is 34.6 Å². The molecule has 5 rings (SSSR count). The van der Waals surface area contributed by atoms with Crippen molar-refractivity contribution in [2.75, 3.05) is 26.7 Å². The summed E-state index contributed by atoms with van der Waals surface area (Å²) in [7, 11) is 3.40. The van der Waals surface area contributed by atoms with Crippen molar-refractivity contribution in [3.05, 3.63) is 47.9 Å². The lowest BCUT2D eigenvalue weighted by atomic mass is 10.1. The lowest BCUT2D eigenvalue weighted by Gasteiger charge is -2.38. The second-order valence-electron chi connectivity index (χ2n) is 8.24. The number of methoxy groups -OCH3 is 1. The summed E-state index contributed by atoms with van der Waals surface area (Å²) in [4.78, 5) is 28.4. The standard InChI is InChI=1S/C22H25N7O3/c1-26-20(10-19(24-26)15-5-3-6-18(9-15)32-2)22(31)28-13-17(14-28)29-12-16(23-25-29)11-27-8-4-7-21(27)30/h3,5-6,9-10,12,17H,4,7-8,11,13-14H2,1-2H3. The maximum Gasteiger partial charge on any atom is 0.272 e. The van der Waals surface area contributed by atoms with E-state index in [0.717, 1.165) is 35.7 Å². The summed E-state index contributed by atoms with van der Waals surface area (Å²) in [5, 5.41) is 12.9. The third-order valence-corrected chi connectivity index (χ3v) is 6.07. The topological polar surface area (TPSA) is 98.4 Å². The summed E-state index contributed by atoms with van der Waals surface area (Å²) in [6.07, 6.45) is 3.39. The van der Waals surface area contributed by atoms with Crippen LogP contribution in [0.5, 0.6) is 5.75 Å². The molecule has 4 heterocycles. The summed E-state index contributed by atoms with van der Waals surface area (Å²) in [6, 6.07) is 9.50. The van der Waals surface area contributed by atoms with Crippen LogP contribution in [-0.2, 0) is 18.4 Å². The van der Waals surface area contributed by atoms with Gasteiger partial charge in [0.25, 0.3) is 5.91 Å². The van der Waals surface area contributed by atoms with E-state index < -0.39 is 0 Å². The number of hydrogen-bond acceptors (Lipinski definition) is 6. The SMILES string of the molecule is COc1cccc(-c2cc(C(=O)N3CC(n4cc(CN5CCCC5=O)nn4)C3)n(C)n2)c1. The molecular formula is C22H25N7O3. The number of aryl methyl sites for hydroxylation is 1. The first-order chi connectivity index (χ1) is 15.5. The van der Waals surface area contributed by atoms with Gasteiger partial charge >= 0.3 is 0 Å². The van der Waals surface area contributed by atoms with E-state index in [2.05, 4.69) is 15.4 Å². The van der Waals surface area contributed by atoms with Gasteiger partial charge in [-0.25, -0.2) is 4.68 Å². The molecule has 166 valence electrons. The molecule has 0 bridgehead atoms. The fourth-order valence-electron chi connectivity index (χ4n) is 4.17. The van der Waals surface area contributed by atoms with E-state index in [1.807, 2.05) is 41.4 Å². The van der Waals surface area contributed by atoms with Crippen LogP contribution in [0, 0.1) is 0 Å². The van der Waals surface area contributed by atoms with E-state index in [4.69, 9.17) is 4.74 Å². The molecule has 0 aliphatic carbocycles. The van der Waals surface area contributed by atoms with Gasteiger partial charge in [0.1, 0.15) is 17.1 Å². The van der Waals surface area contributed by atoms with Crippen molar-refractivity contribution in [3.63, 3.8) is 0 Å². The molecule has 2 amide bonds. The summed E-state index contributed by atoms with van der Waals surface area (Å²) in [6.45, 7) is 2.39. The van der Waals surface area contributed by atoms with Gasteiger partial charge in [-0.15, -0.1) is 5.10 Å². The van der Waals surface area contributed by atoms with Gasteiger partial charge < -0.3 is 14.5 Å². The van der Waals surface area contributed by atoms with Gasteiger partial charge in [0.2, 0.25) is 5.91 Å². The molecule has 10 heteroatoms. The second-order valence-corrected chi connectivity index (χ2v) is 8.24. The van der Waals surface area contributed by atoms with Crippen molar-refractivity contribution in [2.45, 2.75) is 25.4 Å². The lowest BCUT2D eigenvalue weighted by molar-refractivity contribution is -0.128. The largest absolute Gasteiger partial charge is 0.497 e.